The molecule has 0 fully saturated rings. The van der Waals surface area contributed by atoms with Crippen LogP contribution >= 0.6 is 7.82 Å². The van der Waals surface area contributed by atoms with Gasteiger partial charge in [0.2, 0.25) is 0 Å². The summed E-state index contributed by atoms with van der Waals surface area (Å²) >= 11 is 0. The summed E-state index contributed by atoms with van der Waals surface area (Å²) in [5, 5.41) is 0. The molecule has 1 unspecified atom stereocenters. The van der Waals surface area contributed by atoms with Crippen LogP contribution in [0.5, 0.6) is 0 Å². The topological polar surface area (TPSA) is 111 Å². The molecule has 0 saturated heterocycles. The Morgan fingerprint density at radius 1 is 0.593 bits per heavy atom. The molecule has 0 rings (SSSR count). The molecular formula is C44H80NO8P. The first kappa shape index (κ1) is 52.0. The third-order valence-corrected chi connectivity index (χ3v) is 9.83. The van der Waals surface area contributed by atoms with Crippen LogP contribution in [0.4, 0.5) is 0 Å². The summed E-state index contributed by atoms with van der Waals surface area (Å²) in [6.45, 7) is 4.06. The fourth-order valence-electron chi connectivity index (χ4n) is 5.53. The molecule has 9 nitrogen and oxygen atoms in total. The Bertz CT molecular complexity index is 1070. The summed E-state index contributed by atoms with van der Waals surface area (Å²) in [6, 6.07) is 0. The highest BCUT2D eigenvalue weighted by Crippen LogP contribution is 2.38. The molecule has 0 aromatic carbocycles. The van der Waals surface area contributed by atoms with Crippen molar-refractivity contribution in [2.24, 2.45) is 0 Å². The van der Waals surface area contributed by atoms with E-state index in [1.165, 1.54) is 70.6 Å². The van der Waals surface area contributed by atoms with E-state index in [9.17, 15) is 19.0 Å². The highest BCUT2D eigenvalue weighted by atomic mass is 31.2. The maximum Gasteiger partial charge on any atom is 0.306 e. The lowest BCUT2D eigenvalue weighted by molar-refractivity contribution is -0.870. The molecule has 0 bridgehead atoms. The van der Waals surface area contributed by atoms with Crippen LogP contribution in [0.25, 0.3) is 0 Å². The Morgan fingerprint density at radius 3 is 1.57 bits per heavy atom. The molecule has 2 atom stereocenters. The van der Waals surface area contributed by atoms with Crippen LogP contribution in [0.3, 0.4) is 0 Å². The largest absolute Gasteiger partial charge is 0.756 e. The van der Waals surface area contributed by atoms with Crippen molar-refractivity contribution in [1.82, 2.24) is 0 Å². The first-order valence-corrected chi connectivity index (χ1v) is 22.8. The number of carbonyl (C=O) groups excluding carboxylic acids is 2. The summed E-state index contributed by atoms with van der Waals surface area (Å²) in [5.74, 6) is -0.882. The number of phosphoric acid groups is 1. The Morgan fingerprint density at radius 2 is 1.06 bits per heavy atom. The van der Waals surface area contributed by atoms with E-state index in [4.69, 9.17) is 18.5 Å². The van der Waals surface area contributed by atoms with Crippen LogP contribution in [-0.2, 0) is 32.7 Å². The smallest absolute Gasteiger partial charge is 0.306 e. The maximum absolute atomic E-state index is 12.7. The average Bonchev–Trinajstić information content (AvgIpc) is 3.12. The van der Waals surface area contributed by atoms with Crippen molar-refractivity contribution >= 4 is 19.8 Å². The monoisotopic (exact) mass is 782 g/mol. The zero-order chi connectivity index (χ0) is 40.0. The minimum Gasteiger partial charge on any atom is -0.756 e. The maximum atomic E-state index is 12.7. The van der Waals surface area contributed by atoms with Gasteiger partial charge in [-0.3, -0.25) is 14.2 Å². The fourth-order valence-corrected chi connectivity index (χ4v) is 6.26. The van der Waals surface area contributed by atoms with Gasteiger partial charge in [-0.25, -0.2) is 0 Å². The van der Waals surface area contributed by atoms with Gasteiger partial charge in [0.05, 0.1) is 27.7 Å². The van der Waals surface area contributed by atoms with Crippen LogP contribution in [-0.4, -0.2) is 70.0 Å². The Kier molecular flexibility index (Phi) is 35.2. The minimum absolute atomic E-state index is 0.0379. The predicted molar refractivity (Wildman–Crippen MR) is 222 cm³/mol. The lowest BCUT2D eigenvalue weighted by Crippen LogP contribution is -2.37. The third kappa shape index (κ3) is 39.7. The summed E-state index contributed by atoms with van der Waals surface area (Å²) in [6.07, 6.45) is 41.4. The van der Waals surface area contributed by atoms with Gasteiger partial charge in [0, 0.05) is 12.8 Å². The molecule has 0 aliphatic heterocycles. The van der Waals surface area contributed by atoms with E-state index in [1.54, 1.807) is 0 Å². The van der Waals surface area contributed by atoms with Gasteiger partial charge in [0.15, 0.2) is 6.10 Å². The lowest BCUT2D eigenvalue weighted by atomic mass is 10.0. The molecule has 0 aliphatic rings. The standard InChI is InChI=1S/C44H80NO8P/c1-6-8-10-12-14-16-18-20-22-24-26-28-30-32-34-36-43(46)50-40-42(41-52-54(48,49)51-39-38-45(3,4)5)53-44(47)37-35-33-31-29-27-25-23-21-19-17-15-13-11-9-7-2/h8,10,14,16,20,22,26,28,42H,6-7,9,11-13,15,17-19,21,23-25,27,29-41H2,1-5H3/b10-8-,16-14-,22-20-,28-26-/t42-/m1/s1. The van der Waals surface area contributed by atoms with Gasteiger partial charge in [-0.05, 0) is 51.4 Å². The highest BCUT2D eigenvalue weighted by Gasteiger charge is 2.21. The quantitative estimate of drug-likeness (QED) is 0.0200. The van der Waals surface area contributed by atoms with Gasteiger partial charge in [-0.15, -0.1) is 0 Å². The summed E-state index contributed by atoms with van der Waals surface area (Å²) in [5.41, 5.74) is 0. The number of rotatable bonds is 38. The van der Waals surface area contributed by atoms with Gasteiger partial charge in [0.1, 0.15) is 19.8 Å². The molecule has 0 amide bonds. The second kappa shape index (κ2) is 36.6. The van der Waals surface area contributed by atoms with Crippen molar-refractivity contribution in [3.8, 4) is 0 Å². The number of hydrogen-bond acceptors (Lipinski definition) is 8. The molecule has 0 saturated carbocycles. The number of esters is 2. The van der Waals surface area contributed by atoms with Gasteiger partial charge >= 0.3 is 11.9 Å². The summed E-state index contributed by atoms with van der Waals surface area (Å²) < 4.78 is 33.8. The average molecular weight is 782 g/mol. The van der Waals surface area contributed by atoms with Crippen molar-refractivity contribution in [2.75, 3.05) is 47.5 Å². The lowest BCUT2D eigenvalue weighted by Gasteiger charge is -2.28. The number of likely N-dealkylation sites (N-methyl/N-ethyl adjacent to an activating group) is 1. The van der Waals surface area contributed by atoms with Gasteiger partial charge in [0.25, 0.3) is 7.82 Å². The Balaban J connectivity index is 4.44. The molecule has 54 heavy (non-hydrogen) atoms. The molecule has 0 heterocycles. The molecule has 0 aromatic heterocycles. The van der Waals surface area contributed by atoms with Crippen molar-refractivity contribution in [3.63, 3.8) is 0 Å². The van der Waals surface area contributed by atoms with Crippen LogP contribution in [0.1, 0.15) is 168 Å². The number of carbonyl (C=O) groups is 2. The molecule has 314 valence electrons. The number of quaternary nitrogens is 1. The van der Waals surface area contributed by atoms with E-state index in [1.807, 2.05) is 21.1 Å². The van der Waals surface area contributed by atoms with Crippen molar-refractivity contribution < 1.29 is 42.1 Å². The van der Waals surface area contributed by atoms with E-state index < -0.39 is 32.5 Å². The van der Waals surface area contributed by atoms with E-state index in [2.05, 4.69) is 62.5 Å². The van der Waals surface area contributed by atoms with E-state index >= 15 is 0 Å². The first-order chi connectivity index (χ1) is 26.0. The first-order valence-electron chi connectivity index (χ1n) is 21.3. The SMILES string of the molecule is CC/C=C\C/C=C\C/C=C\C/C=C\CCCCC(=O)OC[C@H](COP(=O)([O-])OCC[N+](C)(C)C)OC(=O)CCCCCCCCCCCCCCCCC. The highest BCUT2D eigenvalue weighted by molar-refractivity contribution is 7.45. The third-order valence-electron chi connectivity index (χ3n) is 8.86. The zero-order valence-electron chi connectivity index (χ0n) is 35.2. The van der Waals surface area contributed by atoms with E-state index in [-0.39, 0.29) is 26.1 Å². The number of ether oxygens (including phenoxy) is 2. The molecule has 0 aliphatic carbocycles. The van der Waals surface area contributed by atoms with Gasteiger partial charge in [-0.2, -0.15) is 0 Å². The van der Waals surface area contributed by atoms with Crippen LogP contribution in [0, 0.1) is 0 Å². The van der Waals surface area contributed by atoms with E-state index in [0.29, 0.717) is 23.9 Å². The Hall–Kier alpha value is -2.03. The minimum atomic E-state index is -4.63. The number of nitrogens with zero attached hydrogens (tertiary/aromatic N) is 1. The number of unbranched alkanes of at least 4 members (excludes halogenated alkanes) is 16. The summed E-state index contributed by atoms with van der Waals surface area (Å²) in [7, 11) is 1.14. The second-order valence-electron chi connectivity index (χ2n) is 15.3. The van der Waals surface area contributed by atoms with Crippen LogP contribution < -0.4 is 4.89 Å². The predicted octanol–water partition coefficient (Wildman–Crippen LogP) is 11.3. The van der Waals surface area contributed by atoms with Crippen molar-refractivity contribution in [3.05, 3.63) is 48.6 Å². The second-order valence-corrected chi connectivity index (χ2v) is 16.7. The molecular weight excluding hydrogens is 701 g/mol. The number of allylic oxidation sites excluding steroid dienone is 8. The van der Waals surface area contributed by atoms with Crippen molar-refractivity contribution in [2.45, 2.75) is 174 Å². The van der Waals surface area contributed by atoms with Crippen LogP contribution in [0.15, 0.2) is 48.6 Å². The van der Waals surface area contributed by atoms with E-state index in [0.717, 1.165) is 57.8 Å². The summed E-state index contributed by atoms with van der Waals surface area (Å²) in [4.78, 5) is 37.5. The van der Waals surface area contributed by atoms with Crippen LogP contribution in [0.2, 0.25) is 0 Å². The van der Waals surface area contributed by atoms with Crippen molar-refractivity contribution in [1.29, 1.82) is 0 Å². The zero-order valence-corrected chi connectivity index (χ0v) is 36.0. The number of phosphoric ester groups is 1. The molecule has 0 radical (unpaired) electrons. The molecule has 0 aromatic rings. The van der Waals surface area contributed by atoms with Gasteiger partial charge in [-0.1, -0.05) is 152 Å². The molecule has 10 heteroatoms. The normalized spacial score (nSPS) is 14.1. The molecule has 0 spiro atoms. The Labute approximate surface area is 331 Å². The fraction of sp³-hybridized carbons (Fsp3) is 0.773. The molecule has 0 N–H and O–H groups in total. The van der Waals surface area contributed by atoms with Gasteiger partial charge < -0.3 is 27.9 Å². The number of hydrogen-bond donors (Lipinski definition) is 0.